The monoisotopic (exact) mass is 457 g/mol. The Hall–Kier alpha value is -1.88. The van der Waals surface area contributed by atoms with E-state index in [1.807, 2.05) is 19.1 Å². The molecule has 0 saturated heterocycles. The van der Waals surface area contributed by atoms with Gasteiger partial charge in [0.25, 0.3) is 0 Å². The molecule has 1 aromatic rings. The second-order valence-electron chi connectivity index (χ2n) is 10.6. The van der Waals surface area contributed by atoms with E-state index in [-0.39, 0.29) is 22.3 Å². The first-order valence-corrected chi connectivity index (χ1v) is 12.8. The number of hydrogen-bond acceptors (Lipinski definition) is 3. The molecule has 0 aliphatic heterocycles. The Morgan fingerprint density at radius 1 is 1.00 bits per heavy atom. The molecule has 2 bridgehead atoms. The number of benzene rings is 1. The molecule has 5 heteroatoms. The Labute approximate surface area is 198 Å². The summed E-state index contributed by atoms with van der Waals surface area (Å²) in [6.07, 6.45) is 13.1. The van der Waals surface area contributed by atoms with E-state index in [0.29, 0.717) is 31.5 Å². The molecule has 0 heterocycles. The van der Waals surface area contributed by atoms with Crippen LogP contribution < -0.4 is 10.1 Å². The molecule has 182 valence electrons. The van der Waals surface area contributed by atoms with Crippen molar-refractivity contribution in [1.29, 1.82) is 0 Å². The summed E-state index contributed by atoms with van der Waals surface area (Å²) >= 11 is 0. The highest BCUT2D eigenvalue weighted by molar-refractivity contribution is 5.83. The van der Waals surface area contributed by atoms with Gasteiger partial charge in [0, 0.05) is 19.1 Å². The summed E-state index contributed by atoms with van der Waals surface area (Å²) in [5.41, 5.74) is 1.81. The van der Waals surface area contributed by atoms with Crippen molar-refractivity contribution in [2.75, 3.05) is 20.3 Å². The molecule has 4 aliphatic carbocycles. The first-order valence-electron chi connectivity index (χ1n) is 12.8. The highest BCUT2D eigenvalue weighted by Gasteiger charge is 2.53. The van der Waals surface area contributed by atoms with E-state index in [1.165, 1.54) is 24.8 Å². The van der Waals surface area contributed by atoms with Gasteiger partial charge in [-0.1, -0.05) is 38.3 Å². The van der Waals surface area contributed by atoms with E-state index in [9.17, 15) is 9.18 Å². The van der Waals surface area contributed by atoms with Crippen molar-refractivity contribution in [2.45, 2.75) is 95.0 Å². The molecule has 5 rings (SSSR count). The lowest BCUT2D eigenvalue weighted by Gasteiger charge is -2.53. The SMILES string of the molecule is CC/C(=C\F)COc1ccc(C23CCC(C(=O)NCC4(OC)CCCCC4)(CC2)CC3)cc1. The van der Waals surface area contributed by atoms with Crippen molar-refractivity contribution in [1.82, 2.24) is 5.32 Å². The van der Waals surface area contributed by atoms with Crippen LogP contribution in [-0.4, -0.2) is 31.8 Å². The second kappa shape index (κ2) is 10.2. The first-order chi connectivity index (χ1) is 16.0. The molecule has 0 unspecified atom stereocenters. The van der Waals surface area contributed by atoms with Gasteiger partial charge in [-0.3, -0.25) is 4.79 Å². The third-order valence-electron chi connectivity index (χ3n) is 9.00. The third-order valence-corrected chi connectivity index (χ3v) is 9.00. The van der Waals surface area contributed by atoms with Gasteiger partial charge in [-0.25, -0.2) is 4.39 Å². The van der Waals surface area contributed by atoms with Crippen LogP contribution in [0.15, 0.2) is 36.2 Å². The average molecular weight is 458 g/mol. The lowest BCUT2D eigenvalue weighted by molar-refractivity contribution is -0.140. The average Bonchev–Trinajstić information content (AvgIpc) is 2.90. The van der Waals surface area contributed by atoms with Crippen LogP contribution in [0.1, 0.15) is 89.5 Å². The molecule has 4 saturated carbocycles. The van der Waals surface area contributed by atoms with Gasteiger partial charge in [0.05, 0.1) is 11.9 Å². The zero-order chi connectivity index (χ0) is 23.4. The van der Waals surface area contributed by atoms with Crippen molar-refractivity contribution < 1.29 is 18.7 Å². The lowest BCUT2D eigenvalue weighted by Crippen LogP contribution is -2.54. The van der Waals surface area contributed by atoms with Gasteiger partial charge >= 0.3 is 0 Å². The Kier molecular flexibility index (Phi) is 7.47. The smallest absolute Gasteiger partial charge is 0.226 e. The standard InChI is InChI=1S/C28H40FNO3/c1-3-22(19-29)20-33-24-9-7-23(8-10-24)26-13-16-27(17-14-26,18-15-26)25(31)30-21-28(32-2)11-5-4-6-12-28/h7-10,19H,3-6,11-18,20-21H2,1-2H3,(H,30,31)/b22-19+. The predicted octanol–water partition coefficient (Wildman–Crippen LogP) is 6.39. The number of rotatable bonds is 9. The third kappa shape index (κ3) is 4.99. The van der Waals surface area contributed by atoms with E-state index in [2.05, 4.69) is 17.4 Å². The van der Waals surface area contributed by atoms with Gasteiger partial charge in [0.1, 0.15) is 12.4 Å². The first kappa shape index (κ1) is 24.3. The maximum Gasteiger partial charge on any atom is 0.226 e. The molecule has 4 aliphatic rings. The van der Waals surface area contributed by atoms with E-state index in [4.69, 9.17) is 9.47 Å². The zero-order valence-corrected chi connectivity index (χ0v) is 20.4. The number of hydrogen-bond donors (Lipinski definition) is 1. The fraction of sp³-hybridized carbons (Fsp3) is 0.679. The van der Waals surface area contributed by atoms with E-state index in [1.54, 1.807) is 7.11 Å². The molecule has 1 N–H and O–H groups in total. The van der Waals surface area contributed by atoms with E-state index < -0.39 is 0 Å². The quantitative estimate of drug-likeness (QED) is 0.468. The number of ether oxygens (including phenoxy) is 2. The van der Waals surface area contributed by atoms with Gasteiger partial charge in [-0.15, -0.1) is 0 Å². The minimum absolute atomic E-state index is 0.167. The lowest BCUT2D eigenvalue weighted by atomic mass is 9.51. The second-order valence-corrected chi connectivity index (χ2v) is 10.6. The van der Waals surface area contributed by atoms with Crippen molar-refractivity contribution in [2.24, 2.45) is 5.41 Å². The van der Waals surface area contributed by atoms with Gasteiger partial charge in [0.15, 0.2) is 0 Å². The van der Waals surface area contributed by atoms with Crippen LogP contribution in [0.2, 0.25) is 0 Å². The van der Waals surface area contributed by atoms with Crippen molar-refractivity contribution >= 4 is 5.91 Å². The summed E-state index contributed by atoms with van der Waals surface area (Å²) < 4.78 is 24.4. The summed E-state index contributed by atoms with van der Waals surface area (Å²) in [4.78, 5) is 13.3. The van der Waals surface area contributed by atoms with Crippen molar-refractivity contribution in [3.63, 3.8) is 0 Å². The molecule has 0 spiro atoms. The minimum atomic E-state index is -0.205. The van der Waals surface area contributed by atoms with Crippen LogP contribution in [0.5, 0.6) is 5.75 Å². The molecular weight excluding hydrogens is 417 g/mol. The number of halogens is 1. The Morgan fingerprint density at radius 2 is 1.64 bits per heavy atom. The van der Waals surface area contributed by atoms with Crippen LogP contribution in [0, 0.1) is 5.41 Å². The van der Waals surface area contributed by atoms with Gasteiger partial charge in [-0.2, -0.15) is 0 Å². The maximum atomic E-state index is 13.3. The summed E-state index contributed by atoms with van der Waals surface area (Å²) in [5, 5.41) is 3.31. The summed E-state index contributed by atoms with van der Waals surface area (Å²) in [7, 11) is 1.79. The topological polar surface area (TPSA) is 47.6 Å². The molecule has 0 aromatic heterocycles. The van der Waals surface area contributed by atoms with Crippen molar-refractivity contribution in [3.05, 3.63) is 41.7 Å². The molecule has 4 fully saturated rings. The summed E-state index contributed by atoms with van der Waals surface area (Å²) in [5.74, 6) is 1.02. The molecule has 0 atom stereocenters. The number of amides is 1. The fourth-order valence-electron chi connectivity index (χ4n) is 6.33. The Morgan fingerprint density at radius 3 is 2.18 bits per heavy atom. The Bertz CT molecular complexity index is 817. The molecular formula is C28H40FNO3. The summed E-state index contributed by atoms with van der Waals surface area (Å²) in [6, 6.07) is 8.36. The maximum absolute atomic E-state index is 13.3. The van der Waals surface area contributed by atoms with Crippen LogP contribution in [0.3, 0.4) is 0 Å². The number of carbonyl (C=O) groups excluding carboxylic acids is 1. The molecule has 0 radical (unpaired) electrons. The largest absolute Gasteiger partial charge is 0.489 e. The van der Waals surface area contributed by atoms with Crippen molar-refractivity contribution in [3.8, 4) is 5.75 Å². The van der Waals surface area contributed by atoms with Crippen LogP contribution >= 0.6 is 0 Å². The normalized spacial score (nSPS) is 29.0. The number of fused-ring (bicyclic) bond motifs is 3. The van der Waals surface area contributed by atoms with Crippen LogP contribution in [-0.2, 0) is 14.9 Å². The minimum Gasteiger partial charge on any atom is -0.489 e. The zero-order valence-electron chi connectivity index (χ0n) is 20.4. The fourth-order valence-corrected chi connectivity index (χ4v) is 6.33. The molecule has 1 aromatic carbocycles. The highest BCUT2D eigenvalue weighted by Crippen LogP contribution is 2.58. The Balaban J connectivity index is 1.34. The highest BCUT2D eigenvalue weighted by atomic mass is 19.1. The number of methoxy groups -OCH3 is 1. The van der Waals surface area contributed by atoms with Gasteiger partial charge < -0.3 is 14.8 Å². The number of nitrogens with one attached hydrogen (secondary N) is 1. The number of carbonyl (C=O) groups is 1. The van der Waals surface area contributed by atoms with Gasteiger partial charge in [0.2, 0.25) is 5.91 Å². The molecule has 33 heavy (non-hydrogen) atoms. The van der Waals surface area contributed by atoms with Gasteiger partial charge in [-0.05, 0) is 86.5 Å². The predicted molar refractivity (Wildman–Crippen MR) is 129 cm³/mol. The van der Waals surface area contributed by atoms with Crippen LogP contribution in [0.4, 0.5) is 4.39 Å². The molecule has 4 nitrogen and oxygen atoms in total. The van der Waals surface area contributed by atoms with E-state index >= 15 is 0 Å². The summed E-state index contributed by atoms with van der Waals surface area (Å²) in [6.45, 7) is 2.86. The molecule has 1 amide bonds. The van der Waals surface area contributed by atoms with E-state index in [0.717, 1.165) is 57.1 Å². The van der Waals surface area contributed by atoms with Crippen LogP contribution in [0.25, 0.3) is 0 Å².